The minimum Gasteiger partial charge on any atom is -0.497 e. The molecule has 0 saturated heterocycles. The van der Waals surface area contributed by atoms with E-state index in [1.54, 1.807) is 25.3 Å². The Balaban J connectivity index is 2.04. The van der Waals surface area contributed by atoms with E-state index >= 15 is 0 Å². The maximum Gasteiger partial charge on any atom is 0.162 e. The SMILES string of the molecule is CCC(=O)c1ccc(OCc2ccc(OC)cc2)c(Cl)c1. The Labute approximate surface area is 129 Å². The lowest BCUT2D eigenvalue weighted by Gasteiger charge is -2.09. The van der Waals surface area contributed by atoms with Crippen LogP contribution in [0.5, 0.6) is 11.5 Å². The highest BCUT2D eigenvalue weighted by molar-refractivity contribution is 6.32. The fourth-order valence-corrected chi connectivity index (χ4v) is 2.11. The summed E-state index contributed by atoms with van der Waals surface area (Å²) in [5.41, 5.74) is 1.62. The van der Waals surface area contributed by atoms with Gasteiger partial charge in [0.1, 0.15) is 18.1 Å². The summed E-state index contributed by atoms with van der Waals surface area (Å²) in [6, 6.07) is 12.7. The Hall–Kier alpha value is -2.00. The van der Waals surface area contributed by atoms with Crippen LogP contribution in [0.25, 0.3) is 0 Å². The number of benzene rings is 2. The third kappa shape index (κ3) is 3.99. The van der Waals surface area contributed by atoms with Crippen LogP contribution in [0, 0.1) is 0 Å². The largest absolute Gasteiger partial charge is 0.497 e. The topological polar surface area (TPSA) is 35.5 Å². The van der Waals surface area contributed by atoms with Gasteiger partial charge in [0.15, 0.2) is 5.78 Å². The lowest BCUT2D eigenvalue weighted by molar-refractivity contribution is 0.0988. The Morgan fingerprint density at radius 2 is 1.86 bits per heavy atom. The number of ether oxygens (including phenoxy) is 2. The fraction of sp³-hybridized carbons (Fsp3) is 0.235. The second-order valence-corrected chi connectivity index (χ2v) is 4.97. The van der Waals surface area contributed by atoms with Gasteiger partial charge in [0.2, 0.25) is 0 Å². The Bertz CT molecular complexity index is 620. The molecule has 0 saturated carbocycles. The van der Waals surface area contributed by atoms with Crippen LogP contribution in [0.1, 0.15) is 29.3 Å². The average Bonchev–Trinajstić information content (AvgIpc) is 2.53. The monoisotopic (exact) mass is 304 g/mol. The molecule has 2 rings (SSSR count). The number of hydrogen-bond donors (Lipinski definition) is 0. The third-order valence-corrected chi connectivity index (χ3v) is 3.42. The van der Waals surface area contributed by atoms with Crippen molar-refractivity contribution in [2.45, 2.75) is 20.0 Å². The van der Waals surface area contributed by atoms with Crippen molar-refractivity contribution in [3.8, 4) is 11.5 Å². The normalized spacial score (nSPS) is 10.2. The molecule has 0 N–H and O–H groups in total. The zero-order chi connectivity index (χ0) is 15.2. The second kappa shape index (κ2) is 7.14. The van der Waals surface area contributed by atoms with Crippen LogP contribution in [0.4, 0.5) is 0 Å². The molecule has 3 nitrogen and oxygen atoms in total. The predicted molar refractivity (Wildman–Crippen MR) is 83.4 cm³/mol. The first-order valence-electron chi connectivity index (χ1n) is 6.72. The van der Waals surface area contributed by atoms with Crippen LogP contribution in [0.15, 0.2) is 42.5 Å². The number of carbonyl (C=O) groups excluding carboxylic acids is 1. The molecular weight excluding hydrogens is 288 g/mol. The highest BCUT2D eigenvalue weighted by Gasteiger charge is 2.08. The summed E-state index contributed by atoms with van der Waals surface area (Å²) in [6.45, 7) is 2.23. The van der Waals surface area contributed by atoms with Gasteiger partial charge in [-0.3, -0.25) is 4.79 Å². The van der Waals surface area contributed by atoms with Crippen molar-refractivity contribution in [2.75, 3.05) is 7.11 Å². The number of ketones is 1. The molecule has 2 aromatic rings. The molecule has 0 radical (unpaired) electrons. The molecule has 2 aromatic carbocycles. The first-order valence-corrected chi connectivity index (χ1v) is 7.10. The molecule has 110 valence electrons. The van der Waals surface area contributed by atoms with E-state index in [2.05, 4.69) is 0 Å². The van der Waals surface area contributed by atoms with Gasteiger partial charge in [-0.25, -0.2) is 0 Å². The number of carbonyl (C=O) groups is 1. The van der Waals surface area contributed by atoms with E-state index in [1.165, 1.54) is 0 Å². The number of rotatable bonds is 6. The van der Waals surface area contributed by atoms with Gasteiger partial charge >= 0.3 is 0 Å². The fourth-order valence-electron chi connectivity index (χ4n) is 1.88. The van der Waals surface area contributed by atoms with E-state index < -0.39 is 0 Å². The van der Waals surface area contributed by atoms with Crippen LogP contribution in [-0.4, -0.2) is 12.9 Å². The first kappa shape index (κ1) is 15.4. The lowest BCUT2D eigenvalue weighted by Crippen LogP contribution is -1.99. The minimum atomic E-state index is 0.0682. The molecule has 0 unspecified atom stereocenters. The van der Waals surface area contributed by atoms with Crippen molar-refractivity contribution in [2.24, 2.45) is 0 Å². The molecule has 0 heterocycles. The minimum absolute atomic E-state index is 0.0682. The highest BCUT2D eigenvalue weighted by atomic mass is 35.5. The molecule has 0 aromatic heterocycles. The molecule has 0 aliphatic carbocycles. The molecule has 0 bridgehead atoms. The molecule has 0 aliphatic rings. The maximum absolute atomic E-state index is 11.6. The smallest absolute Gasteiger partial charge is 0.162 e. The van der Waals surface area contributed by atoms with E-state index in [1.807, 2.05) is 31.2 Å². The van der Waals surface area contributed by atoms with E-state index in [0.29, 0.717) is 29.4 Å². The number of hydrogen-bond acceptors (Lipinski definition) is 3. The summed E-state index contributed by atoms with van der Waals surface area (Å²) in [4.78, 5) is 11.6. The van der Waals surface area contributed by atoms with E-state index in [-0.39, 0.29) is 5.78 Å². The zero-order valence-corrected chi connectivity index (χ0v) is 12.8. The van der Waals surface area contributed by atoms with Gasteiger partial charge in [0.05, 0.1) is 12.1 Å². The summed E-state index contributed by atoms with van der Waals surface area (Å²) in [5.74, 6) is 1.44. The van der Waals surface area contributed by atoms with Crippen molar-refractivity contribution in [1.29, 1.82) is 0 Å². The van der Waals surface area contributed by atoms with Gasteiger partial charge in [-0.2, -0.15) is 0 Å². The molecular formula is C17H17ClO3. The zero-order valence-electron chi connectivity index (χ0n) is 12.1. The van der Waals surface area contributed by atoms with Gasteiger partial charge in [0.25, 0.3) is 0 Å². The molecule has 0 spiro atoms. The van der Waals surface area contributed by atoms with Crippen molar-refractivity contribution < 1.29 is 14.3 Å². The maximum atomic E-state index is 11.6. The highest BCUT2D eigenvalue weighted by Crippen LogP contribution is 2.27. The van der Waals surface area contributed by atoms with E-state index in [9.17, 15) is 4.79 Å². The van der Waals surface area contributed by atoms with Crippen LogP contribution in [0.3, 0.4) is 0 Å². The predicted octanol–water partition coefficient (Wildman–Crippen LogP) is 4.52. The van der Waals surface area contributed by atoms with E-state index in [0.717, 1.165) is 11.3 Å². The molecule has 0 amide bonds. The standard InChI is InChI=1S/C17H17ClO3/c1-3-16(19)13-6-9-17(15(18)10-13)21-11-12-4-7-14(20-2)8-5-12/h4-10H,3,11H2,1-2H3. The summed E-state index contributed by atoms with van der Waals surface area (Å²) in [5, 5.41) is 0.447. The Morgan fingerprint density at radius 3 is 2.43 bits per heavy atom. The van der Waals surface area contributed by atoms with Crippen LogP contribution < -0.4 is 9.47 Å². The van der Waals surface area contributed by atoms with Gasteiger partial charge in [0, 0.05) is 12.0 Å². The van der Waals surface area contributed by atoms with Crippen molar-refractivity contribution >= 4 is 17.4 Å². The Kier molecular flexibility index (Phi) is 5.23. The summed E-state index contributed by atoms with van der Waals surface area (Å²) >= 11 is 6.15. The van der Waals surface area contributed by atoms with Gasteiger partial charge in [-0.15, -0.1) is 0 Å². The van der Waals surface area contributed by atoms with Crippen molar-refractivity contribution in [1.82, 2.24) is 0 Å². The summed E-state index contributed by atoms with van der Waals surface area (Å²) < 4.78 is 10.8. The van der Waals surface area contributed by atoms with Crippen LogP contribution in [-0.2, 0) is 6.61 Å². The van der Waals surface area contributed by atoms with Crippen molar-refractivity contribution in [3.05, 3.63) is 58.6 Å². The second-order valence-electron chi connectivity index (χ2n) is 4.56. The average molecular weight is 305 g/mol. The number of methoxy groups -OCH3 is 1. The summed E-state index contributed by atoms with van der Waals surface area (Å²) in [6.07, 6.45) is 0.461. The molecule has 21 heavy (non-hydrogen) atoms. The summed E-state index contributed by atoms with van der Waals surface area (Å²) in [7, 11) is 1.63. The first-order chi connectivity index (χ1) is 10.1. The molecule has 0 fully saturated rings. The van der Waals surface area contributed by atoms with Crippen LogP contribution >= 0.6 is 11.6 Å². The molecule has 0 atom stereocenters. The van der Waals surface area contributed by atoms with Gasteiger partial charge < -0.3 is 9.47 Å². The van der Waals surface area contributed by atoms with E-state index in [4.69, 9.17) is 21.1 Å². The van der Waals surface area contributed by atoms with Crippen LogP contribution in [0.2, 0.25) is 5.02 Å². The van der Waals surface area contributed by atoms with Crippen molar-refractivity contribution in [3.63, 3.8) is 0 Å². The van der Waals surface area contributed by atoms with Gasteiger partial charge in [-0.05, 0) is 35.9 Å². The number of Topliss-reactive ketones (excluding diaryl/α,β-unsaturated/α-hetero) is 1. The number of halogens is 1. The lowest BCUT2D eigenvalue weighted by atomic mass is 10.1. The molecule has 4 heteroatoms. The quantitative estimate of drug-likeness (QED) is 0.736. The third-order valence-electron chi connectivity index (χ3n) is 3.13. The molecule has 0 aliphatic heterocycles. The van der Waals surface area contributed by atoms with Gasteiger partial charge in [-0.1, -0.05) is 30.7 Å². The Morgan fingerprint density at radius 1 is 1.14 bits per heavy atom.